The molecular weight excluding hydrogens is 260 g/mol. The molecule has 1 aromatic carbocycles. The fourth-order valence-corrected chi connectivity index (χ4v) is 2.08. The van der Waals surface area contributed by atoms with Crippen LogP contribution in [0.15, 0.2) is 16.6 Å². The van der Waals surface area contributed by atoms with Gasteiger partial charge in [0.25, 0.3) is 0 Å². The highest BCUT2D eigenvalue weighted by Crippen LogP contribution is 2.42. The number of methoxy groups -OCH3 is 1. The Morgan fingerprint density at radius 3 is 2.67 bits per heavy atom. The van der Waals surface area contributed by atoms with Gasteiger partial charge in [0, 0.05) is 16.5 Å². The number of aliphatic hydroxyl groups is 1. The number of rotatable bonds is 3. The summed E-state index contributed by atoms with van der Waals surface area (Å²) in [5.74, 6) is 0.560. The predicted molar refractivity (Wildman–Crippen MR) is 60.2 cm³/mol. The number of halogens is 1. The summed E-state index contributed by atoms with van der Waals surface area (Å²) in [6.07, 6.45) is 2.09. The van der Waals surface area contributed by atoms with Gasteiger partial charge in [-0.05, 0) is 25.0 Å². The van der Waals surface area contributed by atoms with Crippen molar-refractivity contribution in [2.75, 3.05) is 7.11 Å². The van der Waals surface area contributed by atoms with Crippen molar-refractivity contribution in [2.45, 2.75) is 24.9 Å². The highest BCUT2D eigenvalue weighted by molar-refractivity contribution is 9.10. The molecule has 0 unspecified atom stereocenters. The molecule has 1 saturated carbocycles. The van der Waals surface area contributed by atoms with Crippen LogP contribution in [0.3, 0.4) is 0 Å². The third-order valence-corrected chi connectivity index (χ3v) is 3.14. The Hall–Kier alpha value is -0.740. The summed E-state index contributed by atoms with van der Waals surface area (Å²) in [6, 6.07) is 3.52. The molecule has 0 bridgehead atoms. The lowest BCUT2D eigenvalue weighted by atomic mass is 10.1. The molecule has 2 N–H and O–H groups in total. The monoisotopic (exact) mass is 272 g/mol. The van der Waals surface area contributed by atoms with Crippen LogP contribution in [0.25, 0.3) is 0 Å². The number of ether oxygens (including phenoxy) is 1. The van der Waals surface area contributed by atoms with Gasteiger partial charge in [0.1, 0.15) is 0 Å². The van der Waals surface area contributed by atoms with Crippen molar-refractivity contribution in [1.29, 1.82) is 0 Å². The van der Waals surface area contributed by atoms with Crippen molar-refractivity contribution in [1.82, 2.24) is 0 Å². The van der Waals surface area contributed by atoms with Gasteiger partial charge in [0.05, 0.1) is 12.7 Å². The van der Waals surface area contributed by atoms with Crippen LogP contribution in [0.2, 0.25) is 0 Å². The molecular formula is C11H13BrO3. The fraction of sp³-hybridized carbons (Fsp3) is 0.455. The summed E-state index contributed by atoms with van der Waals surface area (Å²) in [4.78, 5) is 0. The molecule has 15 heavy (non-hydrogen) atoms. The molecule has 1 fully saturated rings. The van der Waals surface area contributed by atoms with Crippen LogP contribution in [0.4, 0.5) is 0 Å². The van der Waals surface area contributed by atoms with Crippen molar-refractivity contribution in [3.05, 3.63) is 22.2 Å². The topological polar surface area (TPSA) is 49.7 Å². The van der Waals surface area contributed by atoms with Crippen LogP contribution in [0.5, 0.6) is 11.5 Å². The van der Waals surface area contributed by atoms with Crippen molar-refractivity contribution < 1.29 is 14.9 Å². The van der Waals surface area contributed by atoms with Gasteiger partial charge >= 0.3 is 0 Å². The predicted octanol–water partition coefficient (Wildman–Crippen LogP) is 2.23. The van der Waals surface area contributed by atoms with E-state index < -0.39 is 5.60 Å². The maximum Gasteiger partial charge on any atom is 0.161 e. The van der Waals surface area contributed by atoms with Gasteiger partial charge < -0.3 is 14.9 Å². The van der Waals surface area contributed by atoms with Crippen LogP contribution in [0, 0.1) is 0 Å². The number of benzene rings is 1. The van der Waals surface area contributed by atoms with Crippen molar-refractivity contribution >= 4 is 15.9 Å². The first kappa shape index (κ1) is 10.8. The molecule has 0 aromatic heterocycles. The van der Waals surface area contributed by atoms with Gasteiger partial charge in [0.15, 0.2) is 11.5 Å². The van der Waals surface area contributed by atoms with Crippen LogP contribution < -0.4 is 4.74 Å². The third-order valence-electron chi connectivity index (χ3n) is 2.69. The van der Waals surface area contributed by atoms with Crippen LogP contribution in [-0.4, -0.2) is 22.9 Å². The zero-order chi connectivity index (χ0) is 11.1. The second kappa shape index (κ2) is 3.68. The Kier molecular flexibility index (Phi) is 2.64. The number of hydrogen-bond donors (Lipinski definition) is 2. The van der Waals surface area contributed by atoms with E-state index in [4.69, 9.17) is 4.74 Å². The van der Waals surface area contributed by atoms with Gasteiger partial charge in [-0.15, -0.1) is 0 Å². The molecule has 0 saturated heterocycles. The minimum Gasteiger partial charge on any atom is -0.504 e. The number of phenols is 1. The quantitative estimate of drug-likeness (QED) is 0.887. The van der Waals surface area contributed by atoms with Gasteiger partial charge in [-0.1, -0.05) is 15.9 Å². The third kappa shape index (κ3) is 2.26. The van der Waals surface area contributed by atoms with E-state index in [9.17, 15) is 10.2 Å². The zero-order valence-corrected chi connectivity index (χ0v) is 10.0. The maximum atomic E-state index is 9.85. The molecule has 3 nitrogen and oxygen atoms in total. The van der Waals surface area contributed by atoms with E-state index in [1.165, 1.54) is 7.11 Å². The zero-order valence-electron chi connectivity index (χ0n) is 8.46. The molecule has 82 valence electrons. The second-order valence-electron chi connectivity index (χ2n) is 4.02. The summed E-state index contributed by atoms with van der Waals surface area (Å²) in [5, 5.41) is 19.6. The average Bonchev–Trinajstić information content (AvgIpc) is 2.89. The molecule has 1 aliphatic rings. The number of aromatic hydroxyl groups is 1. The lowest BCUT2D eigenvalue weighted by Crippen LogP contribution is -2.11. The average molecular weight is 273 g/mol. The van der Waals surface area contributed by atoms with E-state index in [0.717, 1.165) is 22.9 Å². The molecule has 2 rings (SSSR count). The highest BCUT2D eigenvalue weighted by atomic mass is 79.9. The lowest BCUT2D eigenvalue weighted by molar-refractivity contribution is 0.150. The molecule has 0 aliphatic heterocycles. The number of phenolic OH excluding ortho intramolecular Hbond substituents is 1. The SMILES string of the molecule is COc1cc(Br)cc(CC2(O)CC2)c1O. The van der Waals surface area contributed by atoms with Crippen LogP contribution in [-0.2, 0) is 6.42 Å². The van der Waals surface area contributed by atoms with E-state index >= 15 is 0 Å². The van der Waals surface area contributed by atoms with Crippen molar-refractivity contribution in [3.8, 4) is 11.5 Å². The van der Waals surface area contributed by atoms with Gasteiger partial charge in [-0.2, -0.15) is 0 Å². The van der Waals surface area contributed by atoms with Crippen molar-refractivity contribution in [2.24, 2.45) is 0 Å². The van der Waals surface area contributed by atoms with Crippen molar-refractivity contribution in [3.63, 3.8) is 0 Å². The van der Waals surface area contributed by atoms with E-state index in [2.05, 4.69) is 15.9 Å². The summed E-state index contributed by atoms with van der Waals surface area (Å²) < 4.78 is 5.88. The minimum absolute atomic E-state index is 0.126. The van der Waals surface area contributed by atoms with Gasteiger partial charge in [0.2, 0.25) is 0 Å². The molecule has 0 amide bonds. The maximum absolute atomic E-state index is 9.85. The molecule has 4 heteroatoms. The summed E-state index contributed by atoms with van der Waals surface area (Å²) in [6.45, 7) is 0. The second-order valence-corrected chi connectivity index (χ2v) is 4.93. The lowest BCUT2D eigenvalue weighted by Gasteiger charge is -2.12. The minimum atomic E-state index is -0.608. The Morgan fingerprint density at radius 2 is 2.13 bits per heavy atom. The van der Waals surface area contributed by atoms with E-state index in [1.807, 2.05) is 6.07 Å². The van der Waals surface area contributed by atoms with Crippen LogP contribution in [0.1, 0.15) is 18.4 Å². The summed E-state index contributed by atoms with van der Waals surface area (Å²) in [7, 11) is 1.51. The molecule has 1 aliphatic carbocycles. The van der Waals surface area contributed by atoms with E-state index in [-0.39, 0.29) is 5.75 Å². The summed E-state index contributed by atoms with van der Waals surface area (Å²) in [5.41, 5.74) is 0.116. The first-order valence-electron chi connectivity index (χ1n) is 4.82. The molecule has 0 atom stereocenters. The smallest absolute Gasteiger partial charge is 0.161 e. The Labute approximate surface area is 96.8 Å². The van der Waals surface area contributed by atoms with Crippen LogP contribution >= 0.6 is 15.9 Å². The Morgan fingerprint density at radius 1 is 1.47 bits per heavy atom. The molecule has 1 aromatic rings. The Balaban J connectivity index is 2.32. The van der Waals surface area contributed by atoms with Gasteiger partial charge in [-0.25, -0.2) is 0 Å². The Bertz CT molecular complexity index is 386. The first-order chi connectivity index (χ1) is 7.04. The standard InChI is InChI=1S/C11H13BrO3/c1-15-9-5-8(12)4-7(10(9)13)6-11(14)2-3-11/h4-5,13-14H,2-3,6H2,1H3. The van der Waals surface area contributed by atoms with E-state index in [0.29, 0.717) is 12.2 Å². The van der Waals surface area contributed by atoms with E-state index in [1.54, 1.807) is 6.07 Å². The molecule has 0 heterocycles. The largest absolute Gasteiger partial charge is 0.504 e. The number of hydrogen-bond acceptors (Lipinski definition) is 3. The molecule has 0 radical (unpaired) electrons. The highest BCUT2D eigenvalue weighted by Gasteiger charge is 2.41. The fourth-order valence-electron chi connectivity index (χ4n) is 1.59. The first-order valence-corrected chi connectivity index (χ1v) is 5.61. The van der Waals surface area contributed by atoms with Gasteiger partial charge in [-0.3, -0.25) is 0 Å². The summed E-state index contributed by atoms with van der Waals surface area (Å²) >= 11 is 3.34. The molecule has 0 spiro atoms. The normalized spacial score (nSPS) is 17.5.